The zero-order valence-electron chi connectivity index (χ0n) is 16.0. The molecule has 12 heteroatoms. The summed E-state index contributed by atoms with van der Waals surface area (Å²) in [4.78, 5) is 27.9. The van der Waals surface area contributed by atoms with Crippen molar-refractivity contribution in [2.45, 2.75) is 18.7 Å². The minimum atomic E-state index is -3.74. The molecule has 0 aliphatic carbocycles. The zero-order chi connectivity index (χ0) is 22.5. The molecule has 2 rings (SSSR count). The lowest BCUT2D eigenvalue weighted by molar-refractivity contribution is -0.119. The fraction of sp³-hybridized carbons (Fsp3) is 0.278. The molecule has 0 unspecified atom stereocenters. The van der Waals surface area contributed by atoms with Crippen LogP contribution in [0.2, 0.25) is 15.2 Å². The van der Waals surface area contributed by atoms with Crippen molar-refractivity contribution in [3.8, 4) is 0 Å². The smallest absolute Gasteiger partial charge is 0.359 e. The number of nitrogens with zero attached hydrogens (tertiary/aromatic N) is 2. The summed E-state index contributed by atoms with van der Waals surface area (Å²) in [5, 5.41) is 2.59. The third-order valence-electron chi connectivity index (χ3n) is 3.89. The molecule has 8 nitrogen and oxygen atoms in total. The highest BCUT2D eigenvalue weighted by Crippen LogP contribution is 2.27. The van der Waals surface area contributed by atoms with Gasteiger partial charge in [0.25, 0.3) is 5.91 Å². The molecule has 0 saturated heterocycles. The molecule has 0 saturated carbocycles. The van der Waals surface area contributed by atoms with Gasteiger partial charge in [-0.15, -0.1) is 0 Å². The van der Waals surface area contributed by atoms with Crippen molar-refractivity contribution in [2.24, 2.45) is 0 Å². The molecule has 0 spiro atoms. The Morgan fingerprint density at radius 1 is 1.07 bits per heavy atom. The summed E-state index contributed by atoms with van der Waals surface area (Å²) in [6.07, 6.45) is 0. The van der Waals surface area contributed by atoms with Gasteiger partial charge in [-0.25, -0.2) is 18.2 Å². The molecule has 0 atom stereocenters. The Hall–Kier alpha value is -1.91. The van der Waals surface area contributed by atoms with Crippen molar-refractivity contribution in [2.75, 3.05) is 25.0 Å². The summed E-state index contributed by atoms with van der Waals surface area (Å²) in [6.45, 7) is 3.34. The summed E-state index contributed by atoms with van der Waals surface area (Å²) in [6, 6.07) is 6.71. The standard InChI is InChI=1S/C18H18Cl3N3O5S/c1-3-24(4-2)30(27,28)11-5-6-12(19)14(9-11)22-16(25)10-29-18(26)17-13(20)7-8-15(21)23-17/h5-9H,3-4,10H2,1-2H3,(H,22,25). The number of benzene rings is 1. The summed E-state index contributed by atoms with van der Waals surface area (Å²) in [7, 11) is -3.74. The molecule has 0 bridgehead atoms. The maximum Gasteiger partial charge on any atom is 0.359 e. The van der Waals surface area contributed by atoms with Gasteiger partial charge < -0.3 is 10.1 Å². The van der Waals surface area contributed by atoms with E-state index in [0.29, 0.717) is 13.1 Å². The van der Waals surface area contributed by atoms with Crippen molar-refractivity contribution in [1.82, 2.24) is 9.29 Å². The number of sulfonamides is 1. The molecule has 0 fully saturated rings. The lowest BCUT2D eigenvalue weighted by Gasteiger charge is -2.19. The Morgan fingerprint density at radius 2 is 1.70 bits per heavy atom. The minimum absolute atomic E-state index is 0.0159. The second-order valence-electron chi connectivity index (χ2n) is 5.82. The zero-order valence-corrected chi connectivity index (χ0v) is 19.1. The first-order valence-corrected chi connectivity index (χ1v) is 11.3. The van der Waals surface area contributed by atoms with Gasteiger partial charge >= 0.3 is 5.97 Å². The van der Waals surface area contributed by atoms with E-state index in [0.717, 1.165) is 0 Å². The number of anilines is 1. The summed E-state index contributed by atoms with van der Waals surface area (Å²) >= 11 is 17.6. The Morgan fingerprint density at radius 3 is 2.33 bits per heavy atom. The van der Waals surface area contributed by atoms with Crippen LogP contribution in [0.15, 0.2) is 35.2 Å². The topological polar surface area (TPSA) is 106 Å². The van der Waals surface area contributed by atoms with Crippen LogP contribution in [0, 0.1) is 0 Å². The molecule has 1 aromatic heterocycles. The molecule has 1 heterocycles. The molecule has 1 amide bonds. The molecule has 0 aliphatic heterocycles. The van der Waals surface area contributed by atoms with Crippen molar-refractivity contribution in [1.29, 1.82) is 0 Å². The quantitative estimate of drug-likeness (QED) is 0.441. The number of carbonyl (C=O) groups is 2. The van der Waals surface area contributed by atoms with Crippen LogP contribution in [0.25, 0.3) is 0 Å². The van der Waals surface area contributed by atoms with Gasteiger partial charge in [0.15, 0.2) is 12.3 Å². The Bertz CT molecular complexity index is 1060. The largest absolute Gasteiger partial charge is 0.451 e. The first-order valence-electron chi connectivity index (χ1n) is 8.68. The van der Waals surface area contributed by atoms with Gasteiger partial charge in [-0.3, -0.25) is 4.79 Å². The number of amides is 1. The average Bonchev–Trinajstić information content (AvgIpc) is 2.70. The maximum absolute atomic E-state index is 12.6. The SMILES string of the molecule is CCN(CC)S(=O)(=O)c1ccc(Cl)c(NC(=O)COC(=O)c2nc(Cl)ccc2Cl)c1. The number of ether oxygens (including phenoxy) is 1. The average molecular weight is 495 g/mol. The third kappa shape index (κ3) is 5.83. The number of nitrogens with one attached hydrogen (secondary N) is 1. The van der Waals surface area contributed by atoms with Gasteiger partial charge in [-0.05, 0) is 30.3 Å². The van der Waals surface area contributed by atoms with Crippen LogP contribution in [0.4, 0.5) is 5.69 Å². The number of pyridine rings is 1. The van der Waals surface area contributed by atoms with E-state index in [1.165, 1.54) is 34.6 Å². The summed E-state index contributed by atoms with van der Waals surface area (Å²) < 4.78 is 31.4. The predicted molar refractivity (Wildman–Crippen MR) is 115 cm³/mol. The predicted octanol–water partition coefficient (Wildman–Crippen LogP) is 3.87. The Kier molecular flexibility index (Phi) is 8.45. The number of aromatic nitrogens is 1. The van der Waals surface area contributed by atoms with Crippen LogP contribution >= 0.6 is 34.8 Å². The number of esters is 1. The molecule has 1 N–H and O–H groups in total. The molecule has 162 valence electrons. The highest BCUT2D eigenvalue weighted by atomic mass is 35.5. The number of rotatable bonds is 8. The monoisotopic (exact) mass is 493 g/mol. The molecule has 1 aromatic carbocycles. The van der Waals surface area contributed by atoms with Gasteiger partial charge in [-0.2, -0.15) is 4.31 Å². The van der Waals surface area contributed by atoms with Crippen LogP contribution < -0.4 is 5.32 Å². The van der Waals surface area contributed by atoms with E-state index in [4.69, 9.17) is 39.5 Å². The lowest BCUT2D eigenvalue weighted by Crippen LogP contribution is -2.30. The van der Waals surface area contributed by atoms with E-state index < -0.39 is 28.5 Å². The van der Waals surface area contributed by atoms with E-state index in [2.05, 4.69) is 10.3 Å². The van der Waals surface area contributed by atoms with Gasteiger partial charge in [0.2, 0.25) is 10.0 Å². The number of hydrogen-bond donors (Lipinski definition) is 1. The van der Waals surface area contributed by atoms with Crippen LogP contribution in [-0.2, 0) is 19.6 Å². The van der Waals surface area contributed by atoms with E-state index in [9.17, 15) is 18.0 Å². The highest BCUT2D eigenvalue weighted by molar-refractivity contribution is 7.89. The van der Waals surface area contributed by atoms with Gasteiger partial charge in [0.1, 0.15) is 5.15 Å². The van der Waals surface area contributed by atoms with Crippen molar-refractivity contribution >= 4 is 62.4 Å². The fourth-order valence-electron chi connectivity index (χ4n) is 2.42. The molecule has 30 heavy (non-hydrogen) atoms. The van der Waals surface area contributed by atoms with Crippen LogP contribution in [0.1, 0.15) is 24.3 Å². The molecule has 2 aromatic rings. The second-order valence-corrected chi connectivity index (χ2v) is 8.96. The van der Waals surface area contributed by atoms with Crippen LogP contribution in [0.5, 0.6) is 0 Å². The number of carbonyl (C=O) groups excluding carboxylic acids is 2. The maximum atomic E-state index is 12.6. The Balaban J connectivity index is 2.11. The number of hydrogen-bond acceptors (Lipinski definition) is 6. The fourth-order valence-corrected chi connectivity index (χ4v) is 4.40. The van der Waals surface area contributed by atoms with Gasteiger partial charge in [0, 0.05) is 13.1 Å². The van der Waals surface area contributed by atoms with Gasteiger partial charge in [-0.1, -0.05) is 48.7 Å². The second kappa shape index (κ2) is 10.4. The molecular formula is C18H18Cl3N3O5S. The van der Waals surface area contributed by atoms with Crippen molar-refractivity contribution < 1.29 is 22.7 Å². The van der Waals surface area contributed by atoms with Gasteiger partial charge in [0.05, 0.1) is 20.6 Å². The van der Waals surface area contributed by atoms with E-state index in [1.807, 2.05) is 0 Å². The summed E-state index contributed by atoms with van der Waals surface area (Å²) in [5.74, 6) is -1.68. The minimum Gasteiger partial charge on any atom is -0.451 e. The van der Waals surface area contributed by atoms with E-state index in [1.54, 1.807) is 13.8 Å². The Labute approximate surface area is 189 Å². The highest BCUT2D eigenvalue weighted by Gasteiger charge is 2.23. The number of halogens is 3. The third-order valence-corrected chi connectivity index (χ3v) is 6.79. The van der Waals surface area contributed by atoms with E-state index >= 15 is 0 Å². The van der Waals surface area contributed by atoms with Crippen LogP contribution in [-0.4, -0.2) is 49.3 Å². The molecular weight excluding hydrogens is 477 g/mol. The summed E-state index contributed by atoms with van der Waals surface area (Å²) in [5.41, 5.74) is -0.174. The molecule has 0 radical (unpaired) electrons. The first kappa shape index (κ1) is 24.4. The first-order chi connectivity index (χ1) is 14.1. The normalized spacial score (nSPS) is 11.4. The van der Waals surface area contributed by atoms with Crippen molar-refractivity contribution in [3.63, 3.8) is 0 Å². The van der Waals surface area contributed by atoms with E-state index in [-0.39, 0.29) is 31.5 Å². The molecule has 0 aliphatic rings. The lowest BCUT2D eigenvalue weighted by atomic mass is 10.3. The van der Waals surface area contributed by atoms with Crippen molar-refractivity contribution in [3.05, 3.63) is 51.2 Å². The van der Waals surface area contributed by atoms with Crippen LogP contribution in [0.3, 0.4) is 0 Å².